The van der Waals surface area contributed by atoms with Crippen LogP contribution in [0.25, 0.3) is 0 Å². The molecule has 0 saturated heterocycles. The minimum Gasteiger partial charge on any atom is -0.320 e. The molecule has 0 aliphatic carbocycles. The van der Waals surface area contributed by atoms with Crippen molar-refractivity contribution in [3.63, 3.8) is 0 Å². The zero-order valence-corrected chi connectivity index (χ0v) is 7.61. The lowest BCUT2D eigenvalue weighted by Gasteiger charge is -2.11. The molecular weight excluding hydrogens is 140 g/mol. The van der Waals surface area contributed by atoms with Gasteiger partial charge in [0.15, 0.2) is 0 Å². The average Bonchev–Trinajstić information content (AvgIpc) is 1.97. The highest BCUT2D eigenvalue weighted by molar-refractivity contribution is 5.81. The van der Waals surface area contributed by atoms with E-state index >= 15 is 0 Å². The van der Waals surface area contributed by atoms with Crippen LogP contribution in [0, 0.1) is 0 Å². The summed E-state index contributed by atoms with van der Waals surface area (Å²) < 4.78 is 0. The van der Waals surface area contributed by atoms with Crippen molar-refractivity contribution in [2.75, 3.05) is 20.6 Å². The van der Waals surface area contributed by atoms with Gasteiger partial charge in [-0.3, -0.25) is 4.79 Å². The van der Waals surface area contributed by atoms with E-state index in [2.05, 4.69) is 10.6 Å². The molecule has 0 saturated carbocycles. The van der Waals surface area contributed by atoms with E-state index in [1.54, 1.807) is 6.92 Å². The van der Waals surface area contributed by atoms with Crippen molar-refractivity contribution in [3.05, 3.63) is 0 Å². The van der Waals surface area contributed by atoms with E-state index < -0.39 is 0 Å². The van der Waals surface area contributed by atoms with Gasteiger partial charge in [0.05, 0.1) is 6.04 Å². The zero-order chi connectivity index (χ0) is 8.69. The van der Waals surface area contributed by atoms with Crippen LogP contribution < -0.4 is 10.6 Å². The molecular formula is C8H18N2O. The van der Waals surface area contributed by atoms with Crippen molar-refractivity contribution in [1.29, 1.82) is 0 Å². The summed E-state index contributed by atoms with van der Waals surface area (Å²) in [5.74, 6) is 0.226. The van der Waals surface area contributed by atoms with Gasteiger partial charge in [0.25, 0.3) is 0 Å². The highest BCUT2D eigenvalue weighted by Crippen LogP contribution is 1.96. The van der Waals surface area contributed by atoms with E-state index in [-0.39, 0.29) is 11.8 Å². The Kier molecular flexibility index (Phi) is 6.07. The van der Waals surface area contributed by atoms with Gasteiger partial charge >= 0.3 is 0 Å². The molecule has 66 valence electrons. The zero-order valence-electron chi connectivity index (χ0n) is 7.61. The lowest BCUT2D eigenvalue weighted by molar-refractivity contribution is -0.119. The molecule has 0 heterocycles. The second-order valence-electron chi connectivity index (χ2n) is 2.70. The Morgan fingerprint density at radius 3 is 2.45 bits per heavy atom. The molecule has 2 N–H and O–H groups in total. The van der Waals surface area contributed by atoms with Gasteiger partial charge in [0.2, 0.25) is 0 Å². The molecule has 1 atom stereocenters. The highest BCUT2D eigenvalue weighted by atomic mass is 16.1. The van der Waals surface area contributed by atoms with Crippen molar-refractivity contribution < 1.29 is 4.79 Å². The Labute approximate surface area is 68.6 Å². The summed E-state index contributed by atoms with van der Waals surface area (Å²) in [7, 11) is 3.74. The van der Waals surface area contributed by atoms with Gasteiger partial charge in [-0.15, -0.1) is 0 Å². The Morgan fingerprint density at radius 2 is 2.09 bits per heavy atom. The van der Waals surface area contributed by atoms with Crippen LogP contribution in [0.3, 0.4) is 0 Å². The number of likely N-dealkylation sites (N-methyl/N-ethyl adjacent to an activating group) is 1. The minimum absolute atomic E-state index is 0.0448. The first-order valence-electron chi connectivity index (χ1n) is 4.04. The maximum absolute atomic E-state index is 10.9. The lowest BCUT2D eigenvalue weighted by atomic mass is 10.1. The van der Waals surface area contributed by atoms with Gasteiger partial charge in [0, 0.05) is 0 Å². The van der Waals surface area contributed by atoms with Crippen molar-refractivity contribution in [2.24, 2.45) is 0 Å². The Morgan fingerprint density at radius 1 is 1.45 bits per heavy atom. The molecule has 3 heteroatoms. The highest BCUT2D eigenvalue weighted by Gasteiger charge is 2.09. The van der Waals surface area contributed by atoms with Gasteiger partial charge < -0.3 is 10.6 Å². The first-order valence-corrected chi connectivity index (χ1v) is 4.04. The number of Topliss-reactive ketones (excluding diaryl/α,β-unsaturated/α-hetero) is 1. The number of nitrogens with one attached hydrogen (secondary N) is 2. The fourth-order valence-corrected chi connectivity index (χ4v) is 1.03. The summed E-state index contributed by atoms with van der Waals surface area (Å²) in [6.45, 7) is 2.60. The Balaban J connectivity index is 3.44. The maximum Gasteiger partial charge on any atom is 0.146 e. The normalized spacial score (nSPS) is 13.0. The van der Waals surface area contributed by atoms with Crippen LogP contribution in [0.15, 0.2) is 0 Å². The standard InChI is InChI=1S/C8H18N2O/c1-7(11)8(10-3)5-4-6-9-2/h8-10H,4-6H2,1-3H3/t8-/m1/s1. The second kappa shape index (κ2) is 6.31. The summed E-state index contributed by atoms with van der Waals surface area (Å²) in [6, 6.07) is 0.0448. The van der Waals surface area contributed by atoms with E-state index in [4.69, 9.17) is 0 Å². The molecule has 0 amide bonds. The quantitative estimate of drug-likeness (QED) is 0.541. The molecule has 0 aliphatic heterocycles. The SMILES string of the molecule is CNCCC[C@@H](NC)C(C)=O. The second-order valence-corrected chi connectivity index (χ2v) is 2.70. The van der Waals surface area contributed by atoms with Crippen LogP contribution in [0.2, 0.25) is 0 Å². The topological polar surface area (TPSA) is 41.1 Å². The molecule has 0 aromatic heterocycles. The van der Waals surface area contributed by atoms with Gasteiger partial charge in [-0.1, -0.05) is 0 Å². The predicted octanol–water partition coefficient (Wildman–Crippen LogP) is 0.163. The van der Waals surface area contributed by atoms with E-state index in [9.17, 15) is 4.79 Å². The third kappa shape index (κ3) is 4.93. The smallest absolute Gasteiger partial charge is 0.146 e. The first kappa shape index (κ1) is 10.6. The van der Waals surface area contributed by atoms with Crippen LogP contribution in [0.1, 0.15) is 19.8 Å². The lowest BCUT2D eigenvalue weighted by Crippen LogP contribution is -2.32. The average molecular weight is 158 g/mol. The summed E-state index contributed by atoms with van der Waals surface area (Å²) >= 11 is 0. The molecule has 0 aromatic carbocycles. The summed E-state index contributed by atoms with van der Waals surface area (Å²) in [6.07, 6.45) is 1.97. The van der Waals surface area contributed by atoms with Gasteiger partial charge in [-0.05, 0) is 40.4 Å². The number of hydrogen-bond acceptors (Lipinski definition) is 3. The third-order valence-corrected chi connectivity index (χ3v) is 1.76. The van der Waals surface area contributed by atoms with E-state index in [0.717, 1.165) is 19.4 Å². The molecule has 0 rings (SSSR count). The molecule has 0 aliphatic rings. The van der Waals surface area contributed by atoms with E-state index in [0.29, 0.717) is 0 Å². The molecule has 0 fully saturated rings. The largest absolute Gasteiger partial charge is 0.320 e. The summed E-state index contributed by atoms with van der Waals surface area (Å²) in [5, 5.41) is 6.03. The summed E-state index contributed by atoms with van der Waals surface area (Å²) in [5.41, 5.74) is 0. The first-order chi connectivity index (χ1) is 5.22. The fourth-order valence-electron chi connectivity index (χ4n) is 1.03. The Hall–Kier alpha value is -0.410. The number of carbonyl (C=O) groups excluding carboxylic acids is 1. The molecule has 3 nitrogen and oxygen atoms in total. The Bertz CT molecular complexity index is 115. The molecule has 0 unspecified atom stereocenters. The number of ketones is 1. The maximum atomic E-state index is 10.9. The van der Waals surface area contributed by atoms with Crippen molar-refractivity contribution in [1.82, 2.24) is 10.6 Å². The minimum atomic E-state index is 0.0448. The van der Waals surface area contributed by atoms with Gasteiger partial charge in [0.1, 0.15) is 5.78 Å². The van der Waals surface area contributed by atoms with Crippen molar-refractivity contribution in [3.8, 4) is 0 Å². The monoisotopic (exact) mass is 158 g/mol. The van der Waals surface area contributed by atoms with Crippen molar-refractivity contribution in [2.45, 2.75) is 25.8 Å². The molecule has 0 spiro atoms. The van der Waals surface area contributed by atoms with Crippen LogP contribution in [-0.4, -0.2) is 32.5 Å². The predicted molar refractivity (Wildman–Crippen MR) is 46.7 cm³/mol. The molecule has 0 radical (unpaired) electrons. The van der Waals surface area contributed by atoms with E-state index in [1.807, 2.05) is 14.1 Å². The third-order valence-electron chi connectivity index (χ3n) is 1.76. The van der Waals surface area contributed by atoms with Crippen LogP contribution in [0.4, 0.5) is 0 Å². The molecule has 0 bridgehead atoms. The van der Waals surface area contributed by atoms with Gasteiger partial charge in [-0.25, -0.2) is 0 Å². The molecule has 11 heavy (non-hydrogen) atoms. The van der Waals surface area contributed by atoms with Crippen LogP contribution in [-0.2, 0) is 4.79 Å². The fraction of sp³-hybridized carbons (Fsp3) is 0.875. The number of carbonyl (C=O) groups is 1. The van der Waals surface area contributed by atoms with Crippen LogP contribution >= 0.6 is 0 Å². The van der Waals surface area contributed by atoms with E-state index in [1.165, 1.54) is 0 Å². The molecule has 0 aromatic rings. The summed E-state index contributed by atoms with van der Waals surface area (Å²) in [4.78, 5) is 10.9. The number of rotatable bonds is 6. The number of hydrogen-bond donors (Lipinski definition) is 2. The van der Waals surface area contributed by atoms with Crippen molar-refractivity contribution >= 4 is 5.78 Å². The van der Waals surface area contributed by atoms with Crippen LogP contribution in [0.5, 0.6) is 0 Å². The van der Waals surface area contributed by atoms with Gasteiger partial charge in [-0.2, -0.15) is 0 Å².